The summed E-state index contributed by atoms with van der Waals surface area (Å²) in [4.78, 5) is 0. The van der Waals surface area contributed by atoms with E-state index in [1.165, 1.54) is 12.8 Å². The molecule has 0 saturated heterocycles. The molecule has 0 rings (SSSR count). The molecule has 0 spiro atoms. The number of rotatable bonds is 11. The third-order valence-electron chi connectivity index (χ3n) is 3.21. The van der Waals surface area contributed by atoms with Gasteiger partial charge in [0, 0.05) is 5.41 Å². The first-order chi connectivity index (χ1) is 8.14. The summed E-state index contributed by atoms with van der Waals surface area (Å²) in [5.74, 6) is 0. The molecule has 0 aliphatic rings. The highest BCUT2D eigenvalue weighted by molar-refractivity contribution is 4.79. The average Bonchev–Trinajstić information content (AvgIpc) is 2.36. The van der Waals surface area contributed by atoms with Gasteiger partial charge in [-0.05, 0) is 12.8 Å². The Morgan fingerprint density at radius 3 is 2.00 bits per heavy atom. The molecule has 2 heteroatoms. The SMILES string of the molecule is C=CCOC(OCC=C)C(C)(CC)CCCC. The smallest absolute Gasteiger partial charge is 0.163 e. The van der Waals surface area contributed by atoms with Crippen molar-refractivity contribution in [2.75, 3.05) is 13.2 Å². The lowest BCUT2D eigenvalue weighted by atomic mass is 9.81. The monoisotopic (exact) mass is 240 g/mol. The summed E-state index contributed by atoms with van der Waals surface area (Å²) in [6.07, 6.45) is 7.93. The van der Waals surface area contributed by atoms with Crippen LogP contribution >= 0.6 is 0 Å². The van der Waals surface area contributed by atoms with Crippen LogP contribution in [0.1, 0.15) is 46.5 Å². The molecule has 0 aromatic carbocycles. The Labute approximate surface area is 107 Å². The largest absolute Gasteiger partial charge is 0.348 e. The van der Waals surface area contributed by atoms with Crippen molar-refractivity contribution in [3.63, 3.8) is 0 Å². The van der Waals surface area contributed by atoms with Gasteiger partial charge < -0.3 is 9.47 Å². The van der Waals surface area contributed by atoms with E-state index in [1.807, 2.05) is 0 Å². The van der Waals surface area contributed by atoms with Crippen molar-refractivity contribution >= 4 is 0 Å². The zero-order valence-electron chi connectivity index (χ0n) is 11.7. The third kappa shape index (κ3) is 6.04. The van der Waals surface area contributed by atoms with Crippen LogP contribution in [0.4, 0.5) is 0 Å². The first kappa shape index (κ1) is 16.4. The highest BCUT2D eigenvalue weighted by atomic mass is 16.7. The van der Waals surface area contributed by atoms with Crippen LogP contribution in [0.5, 0.6) is 0 Å². The van der Waals surface area contributed by atoms with Gasteiger partial charge in [-0.1, -0.05) is 45.8 Å². The van der Waals surface area contributed by atoms with Crippen molar-refractivity contribution in [2.24, 2.45) is 5.41 Å². The van der Waals surface area contributed by atoms with Gasteiger partial charge in [-0.2, -0.15) is 0 Å². The molecule has 2 nitrogen and oxygen atoms in total. The maximum Gasteiger partial charge on any atom is 0.163 e. The van der Waals surface area contributed by atoms with Crippen LogP contribution in [-0.4, -0.2) is 19.5 Å². The maximum absolute atomic E-state index is 5.76. The third-order valence-corrected chi connectivity index (χ3v) is 3.21. The molecule has 0 fully saturated rings. The van der Waals surface area contributed by atoms with Gasteiger partial charge in [0.05, 0.1) is 13.2 Å². The van der Waals surface area contributed by atoms with Gasteiger partial charge in [-0.15, -0.1) is 13.2 Å². The minimum absolute atomic E-state index is 0.0715. The predicted octanol–water partition coefficient (Wildman–Crippen LogP) is 4.32. The van der Waals surface area contributed by atoms with Crippen LogP contribution in [0.2, 0.25) is 0 Å². The quantitative estimate of drug-likeness (QED) is 0.395. The van der Waals surface area contributed by atoms with Crippen molar-refractivity contribution in [1.82, 2.24) is 0 Å². The summed E-state index contributed by atoms with van der Waals surface area (Å²) < 4.78 is 11.5. The number of hydrogen-bond donors (Lipinski definition) is 0. The standard InChI is InChI=1S/C15H28O2/c1-6-10-11-15(5,9-4)14(16-12-7-2)17-13-8-3/h7-8,14H,2-3,6,9-13H2,1,4-5H3. The molecule has 0 N–H and O–H groups in total. The lowest BCUT2D eigenvalue weighted by Crippen LogP contribution is -2.37. The Kier molecular flexibility index (Phi) is 9.10. The molecule has 0 aliphatic heterocycles. The van der Waals surface area contributed by atoms with Gasteiger partial charge in [0.2, 0.25) is 0 Å². The van der Waals surface area contributed by atoms with Gasteiger partial charge in [-0.25, -0.2) is 0 Å². The maximum atomic E-state index is 5.76. The molecule has 0 saturated carbocycles. The molecule has 0 aliphatic carbocycles. The van der Waals surface area contributed by atoms with Crippen LogP contribution in [-0.2, 0) is 9.47 Å². The molecule has 100 valence electrons. The highest BCUT2D eigenvalue weighted by Gasteiger charge is 2.33. The summed E-state index contributed by atoms with van der Waals surface area (Å²) in [6.45, 7) is 15.1. The number of unbranched alkanes of at least 4 members (excludes halogenated alkanes) is 1. The molecular formula is C15H28O2. The molecular weight excluding hydrogens is 212 g/mol. The van der Waals surface area contributed by atoms with E-state index in [1.54, 1.807) is 12.2 Å². The Morgan fingerprint density at radius 2 is 1.65 bits per heavy atom. The lowest BCUT2D eigenvalue weighted by Gasteiger charge is -2.36. The van der Waals surface area contributed by atoms with Crippen LogP contribution < -0.4 is 0 Å². The van der Waals surface area contributed by atoms with E-state index in [0.717, 1.165) is 12.8 Å². The van der Waals surface area contributed by atoms with Gasteiger partial charge in [0.1, 0.15) is 0 Å². The van der Waals surface area contributed by atoms with E-state index >= 15 is 0 Å². The van der Waals surface area contributed by atoms with Crippen LogP contribution in [0.25, 0.3) is 0 Å². The molecule has 0 aromatic rings. The molecule has 0 radical (unpaired) electrons. The minimum atomic E-state index is -0.171. The first-order valence-electron chi connectivity index (χ1n) is 6.59. The Morgan fingerprint density at radius 1 is 1.12 bits per heavy atom. The topological polar surface area (TPSA) is 18.5 Å². The lowest BCUT2D eigenvalue weighted by molar-refractivity contribution is -0.195. The predicted molar refractivity (Wildman–Crippen MR) is 74.0 cm³/mol. The number of hydrogen-bond acceptors (Lipinski definition) is 2. The second-order valence-electron chi connectivity index (χ2n) is 4.69. The zero-order valence-corrected chi connectivity index (χ0v) is 11.7. The fraction of sp³-hybridized carbons (Fsp3) is 0.733. The Hall–Kier alpha value is -0.600. The van der Waals surface area contributed by atoms with Crippen molar-refractivity contribution in [3.8, 4) is 0 Å². The Balaban J connectivity index is 4.54. The summed E-state index contributed by atoms with van der Waals surface area (Å²) in [5, 5.41) is 0. The summed E-state index contributed by atoms with van der Waals surface area (Å²) >= 11 is 0. The molecule has 0 amide bonds. The van der Waals surface area contributed by atoms with E-state index in [0.29, 0.717) is 13.2 Å². The van der Waals surface area contributed by atoms with E-state index in [9.17, 15) is 0 Å². The fourth-order valence-electron chi connectivity index (χ4n) is 1.80. The zero-order chi connectivity index (χ0) is 13.1. The molecule has 1 unspecified atom stereocenters. The normalized spacial score (nSPS) is 14.6. The second-order valence-corrected chi connectivity index (χ2v) is 4.69. The first-order valence-corrected chi connectivity index (χ1v) is 6.59. The van der Waals surface area contributed by atoms with Crippen molar-refractivity contribution in [1.29, 1.82) is 0 Å². The van der Waals surface area contributed by atoms with Gasteiger partial charge in [0.15, 0.2) is 6.29 Å². The summed E-state index contributed by atoms with van der Waals surface area (Å²) in [5.41, 5.74) is 0.0715. The molecule has 1 atom stereocenters. The molecule has 0 aromatic heterocycles. The second kappa shape index (κ2) is 9.43. The summed E-state index contributed by atoms with van der Waals surface area (Å²) in [7, 11) is 0. The van der Waals surface area contributed by atoms with Gasteiger partial charge in [-0.3, -0.25) is 0 Å². The average molecular weight is 240 g/mol. The Bertz CT molecular complexity index is 201. The van der Waals surface area contributed by atoms with Crippen LogP contribution in [0, 0.1) is 5.41 Å². The summed E-state index contributed by atoms with van der Waals surface area (Å²) in [6, 6.07) is 0. The van der Waals surface area contributed by atoms with Crippen molar-refractivity contribution < 1.29 is 9.47 Å². The van der Waals surface area contributed by atoms with Crippen LogP contribution in [0.15, 0.2) is 25.3 Å². The highest BCUT2D eigenvalue weighted by Crippen LogP contribution is 2.34. The molecule has 17 heavy (non-hydrogen) atoms. The minimum Gasteiger partial charge on any atom is -0.348 e. The van der Waals surface area contributed by atoms with E-state index in [2.05, 4.69) is 33.9 Å². The van der Waals surface area contributed by atoms with Gasteiger partial charge in [0.25, 0.3) is 0 Å². The fourth-order valence-corrected chi connectivity index (χ4v) is 1.80. The number of ether oxygens (including phenoxy) is 2. The van der Waals surface area contributed by atoms with Gasteiger partial charge >= 0.3 is 0 Å². The molecule has 0 bridgehead atoms. The molecule has 0 heterocycles. The van der Waals surface area contributed by atoms with E-state index in [4.69, 9.17) is 9.47 Å². The van der Waals surface area contributed by atoms with Crippen molar-refractivity contribution in [2.45, 2.75) is 52.7 Å². The van der Waals surface area contributed by atoms with Crippen molar-refractivity contribution in [3.05, 3.63) is 25.3 Å². The van der Waals surface area contributed by atoms with E-state index in [-0.39, 0.29) is 11.7 Å². The van der Waals surface area contributed by atoms with Crippen LogP contribution in [0.3, 0.4) is 0 Å². The van der Waals surface area contributed by atoms with E-state index < -0.39 is 0 Å².